The van der Waals surface area contributed by atoms with E-state index in [1.54, 1.807) is 43.4 Å². The molecule has 0 aliphatic heterocycles. The van der Waals surface area contributed by atoms with E-state index in [2.05, 4.69) is 5.38 Å². The number of carbonyl (C=O) groups excluding carboxylic acids is 1. The van der Waals surface area contributed by atoms with Crippen LogP contribution in [0.2, 0.25) is 0 Å². The Morgan fingerprint density at radius 2 is 1.74 bits per heavy atom. The largest absolute Gasteiger partial charge is 0.502 e. The van der Waals surface area contributed by atoms with Gasteiger partial charge in [0.25, 0.3) is 5.88 Å². The van der Waals surface area contributed by atoms with Crippen LogP contribution in [0.15, 0.2) is 65.4 Å². The summed E-state index contributed by atoms with van der Waals surface area (Å²) < 4.78 is 6.88. The minimum absolute atomic E-state index is 0.0198. The van der Waals surface area contributed by atoms with Crippen LogP contribution in [0.4, 0.5) is 0 Å². The molecule has 0 bridgehead atoms. The number of hydrogen-bond donors (Lipinski definition) is 1. The van der Waals surface area contributed by atoms with Gasteiger partial charge in [-0.05, 0) is 52.2 Å². The normalized spacial score (nSPS) is 11.1. The third-order valence-electron chi connectivity index (χ3n) is 5.22. The number of para-hydroxylation sites is 1. The molecule has 6 heteroatoms. The number of thiophene rings is 1. The summed E-state index contributed by atoms with van der Waals surface area (Å²) >= 11 is 1.61. The summed E-state index contributed by atoms with van der Waals surface area (Å²) in [6, 6.07) is 16.7. The van der Waals surface area contributed by atoms with Gasteiger partial charge in [-0.3, -0.25) is 14.5 Å². The van der Waals surface area contributed by atoms with Gasteiger partial charge >= 0.3 is 0 Å². The zero-order valence-electron chi connectivity index (χ0n) is 17.5. The fourth-order valence-electron chi connectivity index (χ4n) is 3.63. The van der Waals surface area contributed by atoms with Crippen molar-refractivity contribution in [2.45, 2.75) is 13.8 Å². The van der Waals surface area contributed by atoms with Crippen molar-refractivity contribution in [1.29, 1.82) is 0 Å². The van der Waals surface area contributed by atoms with E-state index in [9.17, 15) is 15.0 Å². The lowest BCUT2D eigenvalue weighted by Gasteiger charge is -2.15. The molecule has 0 saturated heterocycles. The first-order chi connectivity index (χ1) is 14.9. The standard InChI is InChI=1S/C25H22NO4S/c1-15(2)23(27)21-22(19-6-4-5-7-20(19)30-3)26(25(29)24(21)28)18-10-8-16(9-11-18)17-12-13-31-14-17/h4-15,28H,1-3H3. The first-order valence-corrected chi connectivity index (χ1v) is 10.8. The van der Waals surface area contributed by atoms with Crippen molar-refractivity contribution >= 4 is 17.1 Å². The van der Waals surface area contributed by atoms with Gasteiger partial charge in [0, 0.05) is 17.2 Å². The average molecular weight is 433 g/mol. The van der Waals surface area contributed by atoms with Gasteiger partial charge in [0.05, 0.1) is 18.4 Å². The van der Waals surface area contributed by atoms with E-state index in [1.165, 1.54) is 11.7 Å². The van der Waals surface area contributed by atoms with Crippen LogP contribution in [0, 0.1) is 5.92 Å². The summed E-state index contributed by atoms with van der Waals surface area (Å²) in [6.45, 7) is 3.48. The van der Waals surface area contributed by atoms with Crippen molar-refractivity contribution in [2.75, 3.05) is 7.11 Å². The molecule has 0 amide bonds. The van der Waals surface area contributed by atoms with Crippen molar-refractivity contribution in [3.05, 3.63) is 70.9 Å². The Morgan fingerprint density at radius 1 is 1.03 bits per heavy atom. The summed E-state index contributed by atoms with van der Waals surface area (Å²) in [5.41, 5.74) is 3.59. The number of aromatic nitrogens is 1. The summed E-state index contributed by atoms with van der Waals surface area (Å²) in [6.07, 6.45) is 0. The second-order valence-electron chi connectivity index (χ2n) is 7.49. The molecule has 4 rings (SSSR count). The molecule has 0 unspecified atom stereocenters. The summed E-state index contributed by atoms with van der Waals surface area (Å²) in [5.74, 6) is -1.36. The molecule has 2 aromatic heterocycles. The summed E-state index contributed by atoms with van der Waals surface area (Å²) in [5, 5.41) is 27.9. The van der Waals surface area contributed by atoms with Gasteiger partial charge in [0.2, 0.25) is 0 Å². The molecule has 4 aromatic rings. The Morgan fingerprint density at radius 3 is 2.35 bits per heavy atom. The molecule has 0 fully saturated rings. The molecular formula is C25H22NO4S. The van der Waals surface area contributed by atoms with E-state index < -0.39 is 17.5 Å². The second-order valence-corrected chi connectivity index (χ2v) is 8.27. The molecule has 0 saturated carbocycles. The van der Waals surface area contributed by atoms with Gasteiger partial charge < -0.3 is 9.84 Å². The van der Waals surface area contributed by atoms with Gasteiger partial charge in [-0.2, -0.15) is 11.3 Å². The van der Waals surface area contributed by atoms with Gasteiger partial charge in [-0.15, -0.1) is 0 Å². The monoisotopic (exact) mass is 432 g/mol. The highest BCUT2D eigenvalue weighted by Gasteiger charge is 2.32. The molecule has 0 aliphatic rings. The molecule has 0 aliphatic carbocycles. The molecule has 2 heterocycles. The van der Waals surface area contributed by atoms with E-state index >= 15 is 0 Å². The highest BCUT2D eigenvalue weighted by Crippen LogP contribution is 2.46. The smallest absolute Gasteiger partial charge is 0.298 e. The average Bonchev–Trinajstić information content (AvgIpc) is 3.41. The van der Waals surface area contributed by atoms with Gasteiger partial charge in [0.1, 0.15) is 5.75 Å². The van der Waals surface area contributed by atoms with Crippen LogP contribution in [-0.2, 0) is 5.11 Å². The predicted octanol–water partition coefficient (Wildman–Crippen LogP) is 6.57. The van der Waals surface area contributed by atoms with Gasteiger partial charge in [0.15, 0.2) is 11.5 Å². The quantitative estimate of drug-likeness (QED) is 0.350. The van der Waals surface area contributed by atoms with Crippen LogP contribution in [-0.4, -0.2) is 22.6 Å². The number of Topliss-reactive ketones (excluding diaryl/α,β-unsaturated/α-hetero) is 1. The second kappa shape index (κ2) is 8.32. The lowest BCUT2D eigenvalue weighted by atomic mass is 9.97. The molecule has 2 aromatic carbocycles. The number of aromatic hydroxyl groups is 1. The van der Waals surface area contributed by atoms with Crippen molar-refractivity contribution < 1.29 is 19.7 Å². The number of rotatable bonds is 6. The molecule has 1 N–H and O–H groups in total. The van der Waals surface area contributed by atoms with Crippen LogP contribution in [0.5, 0.6) is 17.4 Å². The van der Waals surface area contributed by atoms with Crippen molar-refractivity contribution in [1.82, 2.24) is 4.57 Å². The first-order valence-electron chi connectivity index (χ1n) is 9.89. The third-order valence-corrected chi connectivity index (χ3v) is 5.90. The van der Waals surface area contributed by atoms with Crippen LogP contribution in [0.3, 0.4) is 0 Å². The fraction of sp³-hybridized carbons (Fsp3) is 0.160. The van der Waals surface area contributed by atoms with E-state index in [0.717, 1.165) is 11.1 Å². The van der Waals surface area contributed by atoms with E-state index in [4.69, 9.17) is 4.74 Å². The molecule has 157 valence electrons. The number of nitrogens with zero attached hydrogens (tertiary/aromatic N) is 1. The number of carbonyl (C=O) groups is 1. The van der Waals surface area contributed by atoms with E-state index in [-0.39, 0.29) is 11.3 Å². The molecular weight excluding hydrogens is 410 g/mol. The van der Waals surface area contributed by atoms with Gasteiger partial charge in [-0.25, -0.2) is 0 Å². The molecule has 5 nitrogen and oxygen atoms in total. The highest BCUT2D eigenvalue weighted by molar-refractivity contribution is 7.08. The molecule has 1 radical (unpaired) electrons. The van der Waals surface area contributed by atoms with Crippen molar-refractivity contribution in [3.8, 4) is 45.5 Å². The Bertz CT molecular complexity index is 1220. The van der Waals surface area contributed by atoms with Crippen LogP contribution in [0.1, 0.15) is 24.2 Å². The number of methoxy groups -OCH3 is 1. The Balaban J connectivity index is 1.98. The highest BCUT2D eigenvalue weighted by atomic mass is 32.1. The topological polar surface area (TPSA) is 71.4 Å². The van der Waals surface area contributed by atoms with Crippen molar-refractivity contribution in [3.63, 3.8) is 0 Å². The van der Waals surface area contributed by atoms with Crippen LogP contribution >= 0.6 is 11.3 Å². The van der Waals surface area contributed by atoms with E-state index in [1.807, 2.05) is 41.8 Å². The number of benzene rings is 2. The number of hydrogen-bond acceptors (Lipinski definition) is 4. The van der Waals surface area contributed by atoms with Crippen LogP contribution in [0.25, 0.3) is 28.1 Å². The zero-order valence-corrected chi connectivity index (χ0v) is 18.3. The Hall–Kier alpha value is -3.51. The Kier molecular flexibility index (Phi) is 5.57. The maximum absolute atomic E-state index is 13.1. The number of ketones is 1. The molecule has 0 spiro atoms. The molecule has 31 heavy (non-hydrogen) atoms. The maximum atomic E-state index is 13.1. The Labute approximate surface area is 184 Å². The summed E-state index contributed by atoms with van der Waals surface area (Å²) in [4.78, 5) is 13.0. The van der Waals surface area contributed by atoms with Gasteiger partial charge in [-0.1, -0.05) is 38.1 Å². The summed E-state index contributed by atoms with van der Waals surface area (Å²) in [7, 11) is 1.53. The number of ether oxygens (including phenoxy) is 1. The van der Waals surface area contributed by atoms with E-state index in [0.29, 0.717) is 22.7 Å². The zero-order chi connectivity index (χ0) is 22.1. The lowest BCUT2D eigenvalue weighted by molar-refractivity contribution is 0.0937. The predicted molar refractivity (Wildman–Crippen MR) is 122 cm³/mol. The third kappa shape index (κ3) is 3.59. The lowest BCUT2D eigenvalue weighted by Crippen LogP contribution is -2.09. The first kappa shape index (κ1) is 20.8. The maximum Gasteiger partial charge on any atom is 0.298 e. The van der Waals surface area contributed by atoms with Crippen LogP contribution < -0.4 is 4.74 Å². The molecule has 0 atom stereocenters. The minimum atomic E-state index is -0.631. The minimum Gasteiger partial charge on any atom is -0.502 e. The van der Waals surface area contributed by atoms with Crippen molar-refractivity contribution in [2.24, 2.45) is 5.92 Å². The SMILES string of the molecule is COc1ccccc1-c1c(C(=O)C(C)C)c(O)c([O])n1-c1ccc(-c2ccsc2)cc1. The fourth-order valence-corrected chi connectivity index (χ4v) is 4.30.